The van der Waals surface area contributed by atoms with Gasteiger partial charge in [0.1, 0.15) is 0 Å². The van der Waals surface area contributed by atoms with E-state index in [0.29, 0.717) is 6.42 Å². The van der Waals surface area contributed by atoms with Crippen LogP contribution in [0.2, 0.25) is 0 Å². The zero-order chi connectivity index (χ0) is 8.10. The molecule has 0 aromatic carbocycles. The predicted octanol–water partition coefficient (Wildman–Crippen LogP) is 0.738. The van der Waals surface area contributed by atoms with Crippen molar-refractivity contribution in [1.82, 2.24) is 9.88 Å². The maximum absolute atomic E-state index is 11.2. The first-order valence-corrected chi connectivity index (χ1v) is 3.65. The van der Waals surface area contributed by atoms with Crippen LogP contribution in [0.25, 0.3) is 0 Å². The van der Waals surface area contributed by atoms with Crippen molar-refractivity contribution in [1.29, 1.82) is 0 Å². The third kappa shape index (κ3) is 2.20. The van der Waals surface area contributed by atoms with E-state index in [1.165, 1.54) is 0 Å². The summed E-state index contributed by atoms with van der Waals surface area (Å²) in [6, 6.07) is 3.69. The van der Waals surface area contributed by atoms with Crippen LogP contribution in [0, 0.1) is 0 Å². The highest BCUT2D eigenvalue weighted by atomic mass is 16.1. The summed E-state index contributed by atoms with van der Waals surface area (Å²) in [5.41, 5.74) is 0. The van der Waals surface area contributed by atoms with E-state index < -0.39 is 0 Å². The minimum atomic E-state index is 0.129. The Hall–Kier alpha value is -1.09. The average molecular weight is 152 g/mol. The van der Waals surface area contributed by atoms with Crippen molar-refractivity contribution in [2.75, 3.05) is 13.6 Å². The fourth-order valence-electron chi connectivity index (χ4n) is 0.862. The average Bonchev–Trinajstić information content (AvgIpc) is 2.52. The van der Waals surface area contributed by atoms with E-state index in [2.05, 4.69) is 5.32 Å². The molecule has 0 aliphatic heterocycles. The molecule has 1 aromatic heterocycles. The Morgan fingerprint density at radius 2 is 2.09 bits per heavy atom. The normalized spacial score (nSPS) is 9.91. The van der Waals surface area contributed by atoms with E-state index in [1.54, 1.807) is 17.0 Å². The number of hydrogen-bond donors (Lipinski definition) is 1. The first-order chi connectivity index (χ1) is 5.34. The van der Waals surface area contributed by atoms with Gasteiger partial charge in [-0.15, -0.1) is 0 Å². The summed E-state index contributed by atoms with van der Waals surface area (Å²) in [7, 11) is 1.84. The molecule has 0 bridgehead atoms. The Morgan fingerprint density at radius 1 is 1.45 bits per heavy atom. The number of hydrogen-bond acceptors (Lipinski definition) is 2. The molecular weight excluding hydrogens is 140 g/mol. The van der Waals surface area contributed by atoms with Gasteiger partial charge in [0.15, 0.2) is 0 Å². The number of rotatable bonds is 3. The van der Waals surface area contributed by atoms with Crippen molar-refractivity contribution >= 4 is 5.91 Å². The summed E-state index contributed by atoms with van der Waals surface area (Å²) in [6.07, 6.45) is 4.07. The van der Waals surface area contributed by atoms with Crippen LogP contribution in [0.1, 0.15) is 11.2 Å². The van der Waals surface area contributed by atoms with Gasteiger partial charge in [0.05, 0.1) is 0 Å². The van der Waals surface area contributed by atoms with Gasteiger partial charge in [-0.05, 0) is 19.2 Å². The van der Waals surface area contributed by atoms with Crippen LogP contribution in [-0.4, -0.2) is 24.1 Å². The topological polar surface area (TPSA) is 34.0 Å². The summed E-state index contributed by atoms with van der Waals surface area (Å²) in [6.45, 7) is 0.733. The standard InChI is InChI=1S/C8H12N2O/c1-9-5-4-8(11)10-6-2-3-7-10/h2-3,6-7,9H,4-5H2,1H3. The van der Waals surface area contributed by atoms with E-state index in [9.17, 15) is 4.79 Å². The minimum Gasteiger partial charge on any atom is -0.319 e. The molecule has 0 saturated carbocycles. The largest absolute Gasteiger partial charge is 0.319 e. The summed E-state index contributed by atoms with van der Waals surface area (Å²) in [4.78, 5) is 11.2. The molecule has 3 heteroatoms. The molecule has 0 saturated heterocycles. The van der Waals surface area contributed by atoms with Crippen molar-refractivity contribution in [3.05, 3.63) is 24.5 Å². The van der Waals surface area contributed by atoms with E-state index in [4.69, 9.17) is 0 Å². The number of aromatic nitrogens is 1. The van der Waals surface area contributed by atoms with Crippen molar-refractivity contribution in [2.24, 2.45) is 0 Å². The van der Waals surface area contributed by atoms with Crippen molar-refractivity contribution in [3.8, 4) is 0 Å². The van der Waals surface area contributed by atoms with Gasteiger partial charge < -0.3 is 5.32 Å². The molecule has 1 heterocycles. The second kappa shape index (κ2) is 3.93. The lowest BCUT2D eigenvalue weighted by Crippen LogP contribution is -2.16. The van der Waals surface area contributed by atoms with E-state index in [0.717, 1.165) is 6.54 Å². The van der Waals surface area contributed by atoms with Crippen LogP contribution in [0.15, 0.2) is 24.5 Å². The predicted molar refractivity (Wildman–Crippen MR) is 43.6 cm³/mol. The van der Waals surface area contributed by atoms with Gasteiger partial charge in [-0.25, -0.2) is 0 Å². The van der Waals surface area contributed by atoms with Crippen LogP contribution >= 0.6 is 0 Å². The molecule has 0 atom stereocenters. The lowest BCUT2D eigenvalue weighted by molar-refractivity contribution is 0.0904. The Labute approximate surface area is 66.0 Å². The van der Waals surface area contributed by atoms with Gasteiger partial charge in [0, 0.05) is 25.4 Å². The van der Waals surface area contributed by atoms with Gasteiger partial charge in [0.2, 0.25) is 5.91 Å². The third-order valence-corrected chi connectivity index (χ3v) is 1.48. The highest BCUT2D eigenvalue weighted by Crippen LogP contribution is 1.92. The fraction of sp³-hybridized carbons (Fsp3) is 0.375. The second-order valence-corrected chi connectivity index (χ2v) is 2.34. The Balaban J connectivity index is 2.43. The van der Waals surface area contributed by atoms with Crippen molar-refractivity contribution < 1.29 is 4.79 Å². The number of nitrogens with zero attached hydrogens (tertiary/aromatic N) is 1. The van der Waals surface area contributed by atoms with Gasteiger partial charge in [-0.1, -0.05) is 0 Å². The third-order valence-electron chi connectivity index (χ3n) is 1.48. The first-order valence-electron chi connectivity index (χ1n) is 3.65. The summed E-state index contributed by atoms with van der Waals surface area (Å²) < 4.78 is 1.59. The Kier molecular flexibility index (Phi) is 2.86. The van der Waals surface area contributed by atoms with Gasteiger partial charge in [-0.3, -0.25) is 9.36 Å². The van der Waals surface area contributed by atoms with Crippen LogP contribution in [-0.2, 0) is 0 Å². The molecule has 0 spiro atoms. The van der Waals surface area contributed by atoms with Crippen LogP contribution in [0.4, 0.5) is 0 Å². The van der Waals surface area contributed by atoms with Crippen molar-refractivity contribution in [3.63, 3.8) is 0 Å². The Morgan fingerprint density at radius 3 is 2.64 bits per heavy atom. The summed E-state index contributed by atoms with van der Waals surface area (Å²) >= 11 is 0. The monoisotopic (exact) mass is 152 g/mol. The maximum Gasteiger partial charge on any atom is 0.231 e. The Bertz CT molecular complexity index is 216. The molecule has 0 aliphatic rings. The quantitative estimate of drug-likeness (QED) is 0.693. The molecular formula is C8H12N2O. The molecule has 1 N–H and O–H groups in total. The second-order valence-electron chi connectivity index (χ2n) is 2.34. The van der Waals surface area contributed by atoms with Crippen LogP contribution < -0.4 is 5.32 Å². The molecule has 0 unspecified atom stereocenters. The molecule has 0 aliphatic carbocycles. The van der Waals surface area contributed by atoms with Gasteiger partial charge in [-0.2, -0.15) is 0 Å². The number of nitrogens with one attached hydrogen (secondary N) is 1. The van der Waals surface area contributed by atoms with Crippen molar-refractivity contribution in [2.45, 2.75) is 6.42 Å². The van der Waals surface area contributed by atoms with Gasteiger partial charge >= 0.3 is 0 Å². The SMILES string of the molecule is CNCCC(=O)n1cccc1. The zero-order valence-corrected chi connectivity index (χ0v) is 6.58. The maximum atomic E-state index is 11.2. The zero-order valence-electron chi connectivity index (χ0n) is 6.58. The lowest BCUT2D eigenvalue weighted by Gasteiger charge is -1.99. The highest BCUT2D eigenvalue weighted by molar-refractivity contribution is 5.78. The molecule has 0 amide bonds. The van der Waals surface area contributed by atoms with Gasteiger partial charge in [0.25, 0.3) is 0 Å². The summed E-state index contributed by atoms with van der Waals surface area (Å²) in [5, 5.41) is 2.93. The first kappa shape index (κ1) is 8.01. The number of carbonyl (C=O) groups excluding carboxylic acids is 1. The highest BCUT2D eigenvalue weighted by Gasteiger charge is 2.00. The molecule has 0 fully saturated rings. The minimum absolute atomic E-state index is 0.129. The lowest BCUT2D eigenvalue weighted by atomic mass is 10.4. The number of carbonyl (C=O) groups is 1. The molecule has 0 radical (unpaired) electrons. The molecule has 3 nitrogen and oxygen atoms in total. The summed E-state index contributed by atoms with van der Waals surface area (Å²) in [5.74, 6) is 0.129. The molecule has 1 rings (SSSR count). The van der Waals surface area contributed by atoms with Crippen LogP contribution in [0.5, 0.6) is 0 Å². The smallest absolute Gasteiger partial charge is 0.231 e. The van der Waals surface area contributed by atoms with E-state index in [-0.39, 0.29) is 5.91 Å². The molecule has 1 aromatic rings. The van der Waals surface area contributed by atoms with E-state index >= 15 is 0 Å². The molecule has 60 valence electrons. The van der Waals surface area contributed by atoms with E-state index in [1.807, 2.05) is 19.2 Å². The molecule has 11 heavy (non-hydrogen) atoms. The van der Waals surface area contributed by atoms with Crippen LogP contribution in [0.3, 0.4) is 0 Å². The fourth-order valence-corrected chi connectivity index (χ4v) is 0.862.